The number of benzene rings is 1. The second-order valence-electron chi connectivity index (χ2n) is 3.53. The Balaban J connectivity index is 2.04. The number of amides is 1. The molecule has 1 N–H and O–H groups in total. The van der Waals surface area contributed by atoms with Crippen LogP contribution in [0.1, 0.15) is 28.2 Å². The first kappa shape index (κ1) is 11.7. The molecule has 88 valence electrons. The lowest BCUT2D eigenvalue weighted by atomic mass is 10.1. The summed E-state index contributed by atoms with van der Waals surface area (Å²) in [5, 5.41) is 6.38. The number of hydrogen-bond donors (Lipinski definition) is 1. The lowest BCUT2D eigenvalue weighted by Gasteiger charge is -2.13. The number of carbonyl (C=O) groups is 1. The van der Waals surface area contributed by atoms with Crippen molar-refractivity contribution in [2.75, 3.05) is 0 Å². The SMILES string of the molecule is C[C@H](NC(=O)c1cnns1)c1ccc(F)cc1. The largest absolute Gasteiger partial charge is 0.345 e. The van der Waals surface area contributed by atoms with Crippen LogP contribution in [-0.4, -0.2) is 15.5 Å². The highest BCUT2D eigenvalue weighted by atomic mass is 32.1. The van der Waals surface area contributed by atoms with Crippen LogP contribution in [0.4, 0.5) is 4.39 Å². The zero-order chi connectivity index (χ0) is 12.3. The van der Waals surface area contributed by atoms with Gasteiger partial charge in [-0.3, -0.25) is 4.79 Å². The van der Waals surface area contributed by atoms with Crippen LogP contribution in [0.15, 0.2) is 30.5 Å². The zero-order valence-corrected chi connectivity index (χ0v) is 9.87. The van der Waals surface area contributed by atoms with Crippen LogP contribution in [-0.2, 0) is 0 Å². The maximum Gasteiger partial charge on any atom is 0.265 e. The smallest absolute Gasteiger partial charge is 0.265 e. The summed E-state index contributed by atoms with van der Waals surface area (Å²) in [4.78, 5) is 12.2. The monoisotopic (exact) mass is 251 g/mol. The quantitative estimate of drug-likeness (QED) is 0.909. The van der Waals surface area contributed by atoms with Crippen molar-refractivity contribution < 1.29 is 9.18 Å². The first-order valence-electron chi connectivity index (χ1n) is 5.00. The van der Waals surface area contributed by atoms with Crippen LogP contribution in [0.25, 0.3) is 0 Å². The molecular formula is C11H10FN3OS. The number of carbonyl (C=O) groups excluding carboxylic acids is 1. The minimum atomic E-state index is -0.293. The van der Waals surface area contributed by atoms with Gasteiger partial charge in [-0.25, -0.2) is 4.39 Å². The van der Waals surface area contributed by atoms with E-state index in [2.05, 4.69) is 14.9 Å². The Labute approximate surface area is 102 Å². The van der Waals surface area contributed by atoms with E-state index in [0.29, 0.717) is 4.88 Å². The highest BCUT2D eigenvalue weighted by molar-refractivity contribution is 7.07. The summed E-state index contributed by atoms with van der Waals surface area (Å²) < 4.78 is 16.3. The molecule has 0 saturated heterocycles. The molecule has 0 aliphatic heterocycles. The van der Waals surface area contributed by atoms with Crippen molar-refractivity contribution in [3.63, 3.8) is 0 Å². The van der Waals surface area contributed by atoms with Gasteiger partial charge in [-0.05, 0) is 36.2 Å². The molecule has 0 saturated carbocycles. The molecule has 0 aliphatic carbocycles. The second-order valence-corrected chi connectivity index (χ2v) is 4.31. The fourth-order valence-corrected chi connectivity index (χ4v) is 1.79. The lowest BCUT2D eigenvalue weighted by Crippen LogP contribution is -2.25. The Morgan fingerprint density at radius 3 is 2.71 bits per heavy atom. The van der Waals surface area contributed by atoms with E-state index in [1.807, 2.05) is 6.92 Å². The Bertz CT molecular complexity index is 498. The summed E-state index contributed by atoms with van der Waals surface area (Å²) >= 11 is 1.04. The van der Waals surface area contributed by atoms with Gasteiger partial charge in [-0.1, -0.05) is 16.6 Å². The van der Waals surface area contributed by atoms with Gasteiger partial charge in [-0.2, -0.15) is 0 Å². The Hall–Kier alpha value is -1.82. The first-order valence-corrected chi connectivity index (χ1v) is 5.78. The molecule has 0 bridgehead atoms. The number of rotatable bonds is 3. The van der Waals surface area contributed by atoms with Gasteiger partial charge in [0.2, 0.25) is 0 Å². The molecule has 0 radical (unpaired) electrons. The molecule has 2 aromatic rings. The molecule has 0 aliphatic rings. The number of halogens is 1. The zero-order valence-electron chi connectivity index (χ0n) is 9.05. The van der Waals surface area contributed by atoms with Crippen molar-refractivity contribution in [1.29, 1.82) is 0 Å². The summed E-state index contributed by atoms with van der Waals surface area (Å²) in [5.41, 5.74) is 0.845. The van der Waals surface area contributed by atoms with E-state index >= 15 is 0 Å². The van der Waals surface area contributed by atoms with Crippen LogP contribution >= 0.6 is 11.5 Å². The molecular weight excluding hydrogens is 241 g/mol. The Kier molecular flexibility index (Phi) is 3.43. The summed E-state index contributed by atoms with van der Waals surface area (Å²) in [6.45, 7) is 1.83. The highest BCUT2D eigenvalue weighted by Gasteiger charge is 2.13. The third-order valence-corrected chi connectivity index (χ3v) is 2.97. The van der Waals surface area contributed by atoms with Crippen LogP contribution in [0.5, 0.6) is 0 Å². The molecule has 4 nitrogen and oxygen atoms in total. The van der Waals surface area contributed by atoms with Crippen molar-refractivity contribution in [3.8, 4) is 0 Å². The fourth-order valence-electron chi connectivity index (χ4n) is 1.37. The third kappa shape index (κ3) is 2.85. The van der Waals surface area contributed by atoms with Gasteiger partial charge < -0.3 is 5.32 Å². The van der Waals surface area contributed by atoms with Gasteiger partial charge in [-0.15, -0.1) is 5.10 Å². The van der Waals surface area contributed by atoms with Crippen molar-refractivity contribution in [2.45, 2.75) is 13.0 Å². The summed E-state index contributed by atoms with van der Waals surface area (Å²) in [7, 11) is 0. The van der Waals surface area contributed by atoms with E-state index < -0.39 is 0 Å². The van der Waals surface area contributed by atoms with Gasteiger partial charge in [0.25, 0.3) is 5.91 Å². The Morgan fingerprint density at radius 2 is 2.12 bits per heavy atom. The van der Waals surface area contributed by atoms with Crippen molar-refractivity contribution >= 4 is 17.4 Å². The molecule has 1 aromatic carbocycles. The molecule has 2 rings (SSSR count). The molecule has 0 unspecified atom stereocenters. The summed E-state index contributed by atoms with van der Waals surface area (Å²) in [6, 6.07) is 5.83. The van der Waals surface area contributed by atoms with Crippen LogP contribution in [0, 0.1) is 5.82 Å². The molecule has 0 spiro atoms. The lowest BCUT2D eigenvalue weighted by molar-refractivity contribution is 0.0944. The molecule has 1 heterocycles. The number of nitrogens with one attached hydrogen (secondary N) is 1. The van der Waals surface area contributed by atoms with E-state index in [0.717, 1.165) is 17.1 Å². The second kappa shape index (κ2) is 5.01. The summed E-state index contributed by atoms with van der Waals surface area (Å²) in [5.74, 6) is -0.518. The fraction of sp³-hybridized carbons (Fsp3) is 0.182. The van der Waals surface area contributed by atoms with Gasteiger partial charge in [0, 0.05) is 0 Å². The van der Waals surface area contributed by atoms with Crippen LogP contribution in [0.3, 0.4) is 0 Å². The number of nitrogens with zero attached hydrogens (tertiary/aromatic N) is 2. The maximum atomic E-state index is 12.7. The third-order valence-electron chi connectivity index (χ3n) is 2.30. The minimum absolute atomic E-state index is 0.190. The average molecular weight is 251 g/mol. The van der Waals surface area contributed by atoms with Crippen molar-refractivity contribution in [1.82, 2.24) is 14.9 Å². The molecule has 1 amide bonds. The maximum absolute atomic E-state index is 12.7. The molecule has 0 fully saturated rings. The van der Waals surface area contributed by atoms with E-state index in [1.165, 1.54) is 18.3 Å². The summed E-state index contributed by atoms with van der Waals surface area (Å²) in [6.07, 6.45) is 1.41. The standard InChI is InChI=1S/C11H10FN3OS/c1-7(8-2-4-9(12)5-3-8)14-11(16)10-6-13-15-17-10/h2-7H,1H3,(H,14,16)/t7-/m0/s1. The molecule has 17 heavy (non-hydrogen) atoms. The molecule has 1 aromatic heterocycles. The van der Waals surface area contributed by atoms with E-state index in [4.69, 9.17) is 0 Å². The van der Waals surface area contributed by atoms with Crippen molar-refractivity contribution in [3.05, 3.63) is 46.7 Å². The number of aromatic nitrogens is 2. The van der Waals surface area contributed by atoms with Crippen molar-refractivity contribution in [2.24, 2.45) is 0 Å². The topological polar surface area (TPSA) is 54.9 Å². The van der Waals surface area contributed by atoms with Gasteiger partial charge in [0.05, 0.1) is 12.2 Å². The van der Waals surface area contributed by atoms with Gasteiger partial charge in [0.15, 0.2) is 0 Å². The average Bonchev–Trinajstić information content (AvgIpc) is 2.83. The normalized spacial score (nSPS) is 12.1. The predicted octanol–water partition coefficient (Wildman–Crippen LogP) is 2.17. The van der Waals surface area contributed by atoms with E-state index in [1.54, 1.807) is 12.1 Å². The van der Waals surface area contributed by atoms with Crippen LogP contribution < -0.4 is 5.32 Å². The first-order chi connectivity index (χ1) is 8.16. The van der Waals surface area contributed by atoms with Gasteiger partial charge in [0.1, 0.15) is 10.7 Å². The van der Waals surface area contributed by atoms with Gasteiger partial charge >= 0.3 is 0 Å². The van der Waals surface area contributed by atoms with E-state index in [-0.39, 0.29) is 17.8 Å². The number of hydrogen-bond acceptors (Lipinski definition) is 4. The minimum Gasteiger partial charge on any atom is -0.345 e. The molecule has 6 heteroatoms. The van der Waals surface area contributed by atoms with E-state index in [9.17, 15) is 9.18 Å². The Morgan fingerprint density at radius 1 is 1.41 bits per heavy atom. The highest BCUT2D eigenvalue weighted by Crippen LogP contribution is 2.14. The van der Waals surface area contributed by atoms with Crippen LogP contribution in [0.2, 0.25) is 0 Å². The molecule has 1 atom stereocenters. The predicted molar refractivity (Wildman–Crippen MR) is 62.2 cm³/mol.